The first kappa shape index (κ1) is 9.32. The maximum Gasteiger partial charge on any atom is 0.282 e. The summed E-state index contributed by atoms with van der Waals surface area (Å²) in [7, 11) is 0. The number of halogens is 3. The quantitative estimate of drug-likeness (QED) is 0.720. The average Bonchev–Trinajstić information content (AvgIpc) is 2.05. The van der Waals surface area contributed by atoms with Gasteiger partial charge in [-0.15, -0.1) is 10.2 Å². The van der Waals surface area contributed by atoms with Gasteiger partial charge in [0.25, 0.3) is 6.43 Å². The van der Waals surface area contributed by atoms with Crippen molar-refractivity contribution in [2.24, 2.45) is 0 Å². The Morgan fingerprint density at radius 1 is 1.50 bits per heavy atom. The van der Waals surface area contributed by atoms with E-state index in [1.54, 1.807) is 0 Å². The Morgan fingerprint density at radius 2 is 2.17 bits per heavy atom. The van der Waals surface area contributed by atoms with Crippen LogP contribution in [0.25, 0.3) is 0 Å². The Hall–Kier alpha value is -0.770. The van der Waals surface area contributed by atoms with Gasteiger partial charge < -0.3 is 0 Å². The highest BCUT2D eigenvalue weighted by molar-refractivity contribution is 6.30. The Balaban J connectivity index is 3.05. The molecule has 0 N–H and O–H groups in total. The first-order valence-corrected chi connectivity index (χ1v) is 3.83. The molecule has 0 unspecified atom stereocenters. The monoisotopic (exact) mass is 192 g/mol. The van der Waals surface area contributed by atoms with Gasteiger partial charge in [-0.1, -0.05) is 18.5 Å². The number of aryl methyl sites for hydroxylation is 1. The predicted octanol–water partition coefficient (Wildman–Crippen LogP) is 2.63. The Morgan fingerprint density at radius 3 is 2.67 bits per heavy atom. The van der Waals surface area contributed by atoms with Gasteiger partial charge in [0, 0.05) is 0 Å². The summed E-state index contributed by atoms with van der Waals surface area (Å²) in [6, 6.07) is 1.28. The summed E-state index contributed by atoms with van der Waals surface area (Å²) in [4.78, 5) is 0. The first-order valence-electron chi connectivity index (χ1n) is 3.45. The minimum absolute atomic E-state index is 0.196. The molecule has 0 spiro atoms. The summed E-state index contributed by atoms with van der Waals surface area (Å²) in [5, 5.41) is 6.86. The normalized spacial score (nSPS) is 10.8. The Kier molecular flexibility index (Phi) is 2.92. The van der Waals surface area contributed by atoms with Crippen molar-refractivity contribution in [3.05, 3.63) is 22.5 Å². The lowest BCUT2D eigenvalue weighted by atomic mass is 10.2. The Labute approximate surface area is 73.6 Å². The fourth-order valence-electron chi connectivity index (χ4n) is 0.787. The van der Waals surface area contributed by atoms with E-state index in [0.717, 1.165) is 0 Å². The van der Waals surface area contributed by atoms with Crippen molar-refractivity contribution in [3.8, 4) is 0 Å². The van der Waals surface area contributed by atoms with Gasteiger partial charge in [-0.3, -0.25) is 0 Å². The molecular formula is C7H7ClF2N2. The number of aromatic nitrogens is 2. The van der Waals surface area contributed by atoms with E-state index in [2.05, 4.69) is 10.2 Å². The molecule has 0 fully saturated rings. The van der Waals surface area contributed by atoms with Crippen molar-refractivity contribution in [2.45, 2.75) is 19.8 Å². The van der Waals surface area contributed by atoms with Gasteiger partial charge in [0.05, 0.1) is 0 Å². The van der Waals surface area contributed by atoms with Crippen LogP contribution >= 0.6 is 11.6 Å². The molecule has 0 aliphatic rings. The summed E-state index contributed by atoms with van der Waals surface area (Å²) in [6.07, 6.45) is -2.01. The molecule has 0 atom stereocenters. The molecule has 5 heteroatoms. The SMILES string of the molecule is CCc1cc(C(F)F)nnc1Cl. The summed E-state index contributed by atoms with van der Waals surface area (Å²) in [5.41, 5.74) is 0.276. The van der Waals surface area contributed by atoms with Gasteiger partial charge in [-0.25, -0.2) is 8.78 Å². The molecule has 0 aliphatic carbocycles. The number of nitrogens with zero attached hydrogens (tertiary/aromatic N) is 2. The van der Waals surface area contributed by atoms with Crippen LogP contribution in [-0.4, -0.2) is 10.2 Å². The van der Waals surface area contributed by atoms with Gasteiger partial charge in [-0.05, 0) is 18.1 Å². The molecule has 1 heterocycles. The molecule has 0 amide bonds. The van der Waals surface area contributed by atoms with E-state index in [1.165, 1.54) is 6.07 Å². The molecule has 66 valence electrons. The van der Waals surface area contributed by atoms with Crippen LogP contribution in [0.1, 0.15) is 24.6 Å². The summed E-state index contributed by atoms with van der Waals surface area (Å²) < 4.78 is 24.1. The fraction of sp³-hybridized carbons (Fsp3) is 0.429. The van der Waals surface area contributed by atoms with Crippen molar-refractivity contribution in [3.63, 3.8) is 0 Å². The lowest BCUT2D eigenvalue weighted by molar-refractivity contribution is 0.144. The van der Waals surface area contributed by atoms with E-state index < -0.39 is 6.43 Å². The van der Waals surface area contributed by atoms with E-state index in [9.17, 15) is 8.78 Å². The fourth-order valence-corrected chi connectivity index (χ4v) is 1.01. The van der Waals surface area contributed by atoms with E-state index >= 15 is 0 Å². The predicted molar refractivity (Wildman–Crippen MR) is 41.4 cm³/mol. The third kappa shape index (κ3) is 1.88. The second-order valence-corrected chi connectivity index (χ2v) is 2.60. The van der Waals surface area contributed by atoms with Crippen LogP contribution in [0.5, 0.6) is 0 Å². The highest BCUT2D eigenvalue weighted by Crippen LogP contribution is 2.20. The highest BCUT2D eigenvalue weighted by Gasteiger charge is 2.11. The molecule has 1 aromatic heterocycles. The minimum atomic E-state index is -2.58. The zero-order valence-corrected chi connectivity index (χ0v) is 7.15. The zero-order valence-electron chi connectivity index (χ0n) is 6.39. The molecule has 1 rings (SSSR count). The number of hydrogen-bond acceptors (Lipinski definition) is 2. The molecule has 0 saturated heterocycles. The van der Waals surface area contributed by atoms with E-state index in [1.807, 2.05) is 6.92 Å². The molecule has 12 heavy (non-hydrogen) atoms. The lowest BCUT2D eigenvalue weighted by Gasteiger charge is -2.01. The maximum absolute atomic E-state index is 12.1. The number of rotatable bonds is 2. The van der Waals surface area contributed by atoms with E-state index in [0.29, 0.717) is 12.0 Å². The maximum atomic E-state index is 12.1. The zero-order chi connectivity index (χ0) is 9.14. The first-order chi connectivity index (χ1) is 5.65. The molecule has 0 saturated carbocycles. The van der Waals surface area contributed by atoms with Crippen molar-refractivity contribution >= 4 is 11.6 Å². The number of hydrogen-bond donors (Lipinski definition) is 0. The topological polar surface area (TPSA) is 25.8 Å². The van der Waals surface area contributed by atoms with E-state index in [-0.39, 0.29) is 10.8 Å². The van der Waals surface area contributed by atoms with Crippen molar-refractivity contribution in [2.75, 3.05) is 0 Å². The molecule has 2 nitrogen and oxygen atoms in total. The highest BCUT2D eigenvalue weighted by atomic mass is 35.5. The van der Waals surface area contributed by atoms with Crippen LogP contribution in [0, 0.1) is 0 Å². The molecule has 0 radical (unpaired) electrons. The van der Waals surface area contributed by atoms with Gasteiger partial charge in [-0.2, -0.15) is 0 Å². The smallest absolute Gasteiger partial charge is 0.203 e. The van der Waals surface area contributed by atoms with Crippen molar-refractivity contribution in [1.82, 2.24) is 10.2 Å². The second-order valence-electron chi connectivity index (χ2n) is 2.24. The van der Waals surface area contributed by atoms with Crippen molar-refractivity contribution in [1.29, 1.82) is 0 Å². The van der Waals surface area contributed by atoms with Crippen LogP contribution in [0.15, 0.2) is 6.07 Å². The lowest BCUT2D eigenvalue weighted by Crippen LogP contribution is -1.97. The molecule has 0 aromatic carbocycles. The average molecular weight is 193 g/mol. The van der Waals surface area contributed by atoms with Gasteiger partial charge in [0.15, 0.2) is 5.15 Å². The minimum Gasteiger partial charge on any atom is -0.203 e. The molecule has 0 bridgehead atoms. The second kappa shape index (κ2) is 3.76. The number of alkyl halides is 2. The van der Waals surface area contributed by atoms with Crippen LogP contribution in [0.2, 0.25) is 5.15 Å². The third-order valence-corrected chi connectivity index (χ3v) is 1.76. The summed E-state index contributed by atoms with van der Waals surface area (Å²) >= 11 is 5.58. The van der Waals surface area contributed by atoms with Crippen molar-refractivity contribution < 1.29 is 8.78 Å². The summed E-state index contributed by atoms with van der Waals surface area (Å²) in [5.74, 6) is 0. The third-order valence-electron chi connectivity index (χ3n) is 1.44. The standard InChI is InChI=1S/C7H7ClF2N2/c1-2-4-3-5(7(9)10)11-12-6(4)8/h3,7H,2H2,1H3. The van der Waals surface area contributed by atoms with Crippen LogP contribution < -0.4 is 0 Å². The van der Waals surface area contributed by atoms with Gasteiger partial charge >= 0.3 is 0 Å². The van der Waals surface area contributed by atoms with Crippen LogP contribution in [-0.2, 0) is 6.42 Å². The van der Waals surface area contributed by atoms with Crippen LogP contribution in [0.3, 0.4) is 0 Å². The van der Waals surface area contributed by atoms with E-state index in [4.69, 9.17) is 11.6 Å². The molecule has 1 aromatic rings. The molecule has 0 aliphatic heterocycles. The Bertz CT molecular complexity index is 278. The largest absolute Gasteiger partial charge is 0.282 e. The molecular weight excluding hydrogens is 186 g/mol. The van der Waals surface area contributed by atoms with Gasteiger partial charge in [0.1, 0.15) is 5.69 Å². The van der Waals surface area contributed by atoms with Gasteiger partial charge in [0.2, 0.25) is 0 Å². The van der Waals surface area contributed by atoms with Crippen LogP contribution in [0.4, 0.5) is 8.78 Å². The summed E-state index contributed by atoms with van der Waals surface area (Å²) in [6.45, 7) is 1.82.